The standard InChI is InChI=1S/C24H28N6O10/c31-14-20-19(32)12-22(40-20)28-13-15(23(34)27-24(28)35)5-4-10-26-21(33)6-2-1-3-9-25-17-8-7-16(29(36)37)11-18(17)30(38)39/h7-8,11,13,19-20,22,25,31-32H,1-3,6,9-10,12,14H2,(H,26,33)(H,27,34,35)/t19-,20+,22+/m0/s1. The summed E-state index contributed by atoms with van der Waals surface area (Å²) in [6.45, 7) is -0.103. The number of nitro groups is 2. The van der Waals surface area contributed by atoms with Crippen molar-refractivity contribution in [3.63, 3.8) is 0 Å². The second-order valence-corrected chi connectivity index (χ2v) is 8.86. The van der Waals surface area contributed by atoms with E-state index in [9.17, 15) is 44.8 Å². The number of unbranched alkanes of at least 4 members (excludes halogenated alkanes) is 2. The van der Waals surface area contributed by atoms with Crippen molar-refractivity contribution < 1.29 is 29.6 Å². The number of hydrogen-bond donors (Lipinski definition) is 5. The molecule has 16 heteroatoms. The predicted octanol–water partition coefficient (Wildman–Crippen LogP) is 0.134. The van der Waals surface area contributed by atoms with E-state index in [2.05, 4.69) is 27.5 Å². The number of carbonyl (C=O) groups is 1. The lowest BCUT2D eigenvalue weighted by molar-refractivity contribution is -0.393. The van der Waals surface area contributed by atoms with Gasteiger partial charge in [-0.1, -0.05) is 18.3 Å². The van der Waals surface area contributed by atoms with Crippen molar-refractivity contribution in [2.45, 2.75) is 50.5 Å². The van der Waals surface area contributed by atoms with Crippen LogP contribution in [0.1, 0.15) is 43.9 Å². The molecule has 3 rings (SSSR count). The summed E-state index contributed by atoms with van der Waals surface area (Å²) in [5.41, 5.74) is -2.11. The number of nitrogens with one attached hydrogen (secondary N) is 3. The summed E-state index contributed by atoms with van der Waals surface area (Å²) >= 11 is 0. The molecule has 1 saturated heterocycles. The van der Waals surface area contributed by atoms with Gasteiger partial charge in [-0.3, -0.25) is 39.4 Å². The second kappa shape index (κ2) is 14.0. The minimum Gasteiger partial charge on any atom is -0.394 e. The molecule has 40 heavy (non-hydrogen) atoms. The Labute approximate surface area is 226 Å². The van der Waals surface area contributed by atoms with E-state index in [0.29, 0.717) is 25.8 Å². The van der Waals surface area contributed by atoms with Gasteiger partial charge in [-0.2, -0.15) is 0 Å². The molecule has 1 amide bonds. The first-order chi connectivity index (χ1) is 19.1. The van der Waals surface area contributed by atoms with E-state index in [0.717, 1.165) is 10.6 Å². The largest absolute Gasteiger partial charge is 0.394 e. The Morgan fingerprint density at radius 2 is 1.98 bits per heavy atom. The summed E-state index contributed by atoms with van der Waals surface area (Å²) in [7, 11) is 0. The Morgan fingerprint density at radius 1 is 1.20 bits per heavy atom. The lowest BCUT2D eigenvalue weighted by Crippen LogP contribution is -2.33. The van der Waals surface area contributed by atoms with Gasteiger partial charge in [0.05, 0.1) is 35.2 Å². The Morgan fingerprint density at radius 3 is 2.65 bits per heavy atom. The molecule has 2 heterocycles. The molecular formula is C24H28N6O10. The SMILES string of the molecule is O=C(CCCCCNc1ccc([N+](=O)[O-])cc1[N+](=O)[O-])NCC#Cc1cn([C@H]2C[C@H](O)[C@@H](CO)O2)c(=O)[nH]c1=O. The first kappa shape index (κ1) is 30.0. The van der Waals surface area contributed by atoms with Crippen molar-refractivity contribution in [3.8, 4) is 11.8 Å². The second-order valence-electron chi connectivity index (χ2n) is 8.86. The molecule has 1 fully saturated rings. The highest BCUT2D eigenvalue weighted by Gasteiger charge is 2.35. The van der Waals surface area contributed by atoms with Crippen LogP contribution < -0.4 is 21.9 Å². The molecule has 1 aliphatic heterocycles. The number of ether oxygens (including phenoxy) is 1. The van der Waals surface area contributed by atoms with Gasteiger partial charge < -0.3 is 25.6 Å². The number of anilines is 1. The summed E-state index contributed by atoms with van der Waals surface area (Å²) in [5.74, 6) is 4.96. The van der Waals surface area contributed by atoms with Crippen LogP contribution in [0, 0.1) is 32.1 Å². The summed E-state index contributed by atoms with van der Waals surface area (Å²) in [6.07, 6.45) is 0.538. The predicted molar refractivity (Wildman–Crippen MR) is 140 cm³/mol. The number of rotatable bonds is 12. The average molecular weight is 561 g/mol. The van der Waals surface area contributed by atoms with Gasteiger partial charge in [0, 0.05) is 31.6 Å². The Balaban J connectivity index is 1.41. The molecular weight excluding hydrogens is 532 g/mol. The molecule has 0 radical (unpaired) electrons. The molecule has 1 aromatic heterocycles. The normalized spacial score (nSPS) is 18.0. The van der Waals surface area contributed by atoms with Crippen LogP contribution in [-0.4, -0.2) is 67.4 Å². The van der Waals surface area contributed by atoms with E-state index in [1.165, 1.54) is 18.3 Å². The topological polar surface area (TPSA) is 232 Å². The van der Waals surface area contributed by atoms with Crippen molar-refractivity contribution in [3.05, 3.63) is 71.0 Å². The van der Waals surface area contributed by atoms with Crippen LogP contribution in [0.4, 0.5) is 17.1 Å². The number of aliphatic hydroxyl groups excluding tert-OH is 2. The van der Waals surface area contributed by atoms with E-state index in [-0.39, 0.29) is 42.2 Å². The van der Waals surface area contributed by atoms with Crippen LogP contribution in [0.3, 0.4) is 0 Å². The molecule has 2 aromatic rings. The number of aromatic nitrogens is 2. The number of aliphatic hydroxyl groups is 2. The van der Waals surface area contributed by atoms with Crippen LogP contribution >= 0.6 is 0 Å². The van der Waals surface area contributed by atoms with Gasteiger partial charge in [0.25, 0.3) is 16.9 Å². The van der Waals surface area contributed by atoms with E-state index in [4.69, 9.17) is 4.74 Å². The molecule has 3 atom stereocenters. The molecule has 1 aromatic carbocycles. The van der Waals surface area contributed by atoms with Gasteiger partial charge in [-0.25, -0.2) is 4.79 Å². The van der Waals surface area contributed by atoms with Gasteiger partial charge >= 0.3 is 5.69 Å². The minimum absolute atomic E-state index is 0.0415. The van der Waals surface area contributed by atoms with Crippen LogP contribution in [0.5, 0.6) is 0 Å². The molecule has 214 valence electrons. The fourth-order valence-electron chi connectivity index (χ4n) is 3.95. The van der Waals surface area contributed by atoms with Gasteiger partial charge in [-0.15, -0.1) is 0 Å². The van der Waals surface area contributed by atoms with Crippen LogP contribution in [-0.2, 0) is 9.53 Å². The molecule has 0 aliphatic carbocycles. The number of benzene rings is 1. The number of amides is 1. The smallest absolute Gasteiger partial charge is 0.330 e. The highest BCUT2D eigenvalue weighted by Crippen LogP contribution is 2.29. The molecule has 0 unspecified atom stereocenters. The number of hydrogen-bond acceptors (Lipinski definition) is 11. The third-order valence-corrected chi connectivity index (χ3v) is 6.04. The maximum absolute atomic E-state index is 12.1. The minimum atomic E-state index is -0.966. The van der Waals surface area contributed by atoms with Crippen molar-refractivity contribution in [1.29, 1.82) is 0 Å². The summed E-state index contributed by atoms with van der Waals surface area (Å²) in [4.78, 5) is 59.0. The zero-order chi connectivity index (χ0) is 29.2. The van der Waals surface area contributed by atoms with E-state index < -0.39 is 51.8 Å². The van der Waals surface area contributed by atoms with E-state index in [1.807, 2.05) is 0 Å². The van der Waals surface area contributed by atoms with Gasteiger partial charge in [0.15, 0.2) is 0 Å². The van der Waals surface area contributed by atoms with Crippen LogP contribution in [0.15, 0.2) is 34.0 Å². The van der Waals surface area contributed by atoms with Crippen molar-refractivity contribution in [1.82, 2.24) is 14.9 Å². The highest BCUT2D eigenvalue weighted by molar-refractivity contribution is 5.76. The maximum atomic E-state index is 12.1. The highest BCUT2D eigenvalue weighted by atomic mass is 16.6. The lowest BCUT2D eigenvalue weighted by Gasteiger charge is -2.14. The number of non-ortho nitro benzene ring substituents is 1. The quantitative estimate of drug-likeness (QED) is 0.101. The fraction of sp³-hybridized carbons (Fsp3) is 0.458. The first-order valence-corrected chi connectivity index (χ1v) is 12.3. The summed E-state index contributed by atoms with van der Waals surface area (Å²) in [5, 5.41) is 46.5. The van der Waals surface area contributed by atoms with Crippen molar-refractivity contribution in [2.75, 3.05) is 25.0 Å². The summed E-state index contributed by atoms with van der Waals surface area (Å²) in [6, 6.07) is 3.36. The average Bonchev–Trinajstić information content (AvgIpc) is 3.29. The van der Waals surface area contributed by atoms with E-state index >= 15 is 0 Å². The van der Waals surface area contributed by atoms with Crippen molar-refractivity contribution >= 4 is 23.0 Å². The van der Waals surface area contributed by atoms with Crippen molar-refractivity contribution in [2.24, 2.45) is 0 Å². The first-order valence-electron chi connectivity index (χ1n) is 12.3. The number of nitrogens with zero attached hydrogens (tertiary/aromatic N) is 3. The van der Waals surface area contributed by atoms with Gasteiger partial charge in [0.2, 0.25) is 5.91 Å². The third-order valence-electron chi connectivity index (χ3n) is 6.04. The number of carbonyl (C=O) groups excluding carboxylic acids is 1. The molecule has 1 aliphatic rings. The lowest BCUT2D eigenvalue weighted by atomic mass is 10.1. The maximum Gasteiger partial charge on any atom is 0.330 e. The zero-order valence-corrected chi connectivity index (χ0v) is 21.2. The van der Waals surface area contributed by atoms with Crippen LogP contribution in [0.2, 0.25) is 0 Å². The Kier molecular flexibility index (Phi) is 10.5. The van der Waals surface area contributed by atoms with Crippen LogP contribution in [0.25, 0.3) is 0 Å². The summed E-state index contributed by atoms with van der Waals surface area (Å²) < 4.78 is 6.52. The monoisotopic (exact) mass is 560 g/mol. The number of H-pyrrole nitrogens is 1. The Bertz CT molecular complexity index is 1430. The molecule has 0 saturated carbocycles. The number of nitro benzene ring substituents is 2. The third kappa shape index (κ3) is 7.96. The van der Waals surface area contributed by atoms with Gasteiger partial charge in [-0.05, 0) is 18.9 Å². The molecule has 0 spiro atoms. The van der Waals surface area contributed by atoms with E-state index in [1.54, 1.807) is 0 Å². The molecule has 0 bridgehead atoms. The van der Waals surface area contributed by atoms with Gasteiger partial charge in [0.1, 0.15) is 23.6 Å². The zero-order valence-electron chi connectivity index (χ0n) is 21.2. The molecule has 16 nitrogen and oxygen atoms in total. The molecule has 5 N–H and O–H groups in total. The number of aromatic amines is 1. The fourth-order valence-corrected chi connectivity index (χ4v) is 3.95. The Hall–Kier alpha value is -4.59.